The number of sulfonamides is 1. The van der Waals surface area contributed by atoms with Gasteiger partial charge in [-0.1, -0.05) is 0 Å². The van der Waals surface area contributed by atoms with Gasteiger partial charge in [0.15, 0.2) is 0 Å². The quantitative estimate of drug-likeness (QED) is 0.655. The molecule has 35 heavy (non-hydrogen) atoms. The summed E-state index contributed by atoms with van der Waals surface area (Å²) >= 11 is 0. The Kier molecular flexibility index (Phi) is 8.12. The normalized spacial score (nSPS) is 30.5. The van der Waals surface area contributed by atoms with Crippen LogP contribution in [-0.2, 0) is 19.5 Å². The Morgan fingerprint density at radius 3 is 2.54 bits per heavy atom. The molecule has 1 aromatic rings. The van der Waals surface area contributed by atoms with E-state index in [4.69, 9.17) is 14.2 Å². The van der Waals surface area contributed by atoms with Crippen molar-refractivity contribution in [2.75, 3.05) is 26.1 Å². The monoisotopic (exact) mass is 517 g/mol. The molecule has 3 aliphatic heterocycles. The maximum Gasteiger partial charge on any atom is 0.410 e. The van der Waals surface area contributed by atoms with Gasteiger partial charge in [-0.2, -0.15) is 0 Å². The van der Waals surface area contributed by atoms with Crippen LogP contribution in [0.15, 0.2) is 12.1 Å². The topological polar surface area (TPSA) is 107 Å². The number of hydrogen-bond acceptors (Lipinski definition) is 7. The molecule has 1 N–H and O–H groups in total. The summed E-state index contributed by atoms with van der Waals surface area (Å²) in [5.74, 6) is 0.175. The fourth-order valence-electron chi connectivity index (χ4n) is 5.26. The summed E-state index contributed by atoms with van der Waals surface area (Å²) in [6.45, 7) is 2.24. The molecule has 0 spiro atoms. The second-order valence-electron chi connectivity index (χ2n) is 9.64. The lowest BCUT2D eigenvalue weighted by Crippen LogP contribution is -2.50. The van der Waals surface area contributed by atoms with E-state index in [1.54, 1.807) is 4.90 Å². The van der Waals surface area contributed by atoms with Gasteiger partial charge in [0.05, 0.1) is 38.2 Å². The van der Waals surface area contributed by atoms with Crippen molar-refractivity contribution in [2.45, 2.75) is 82.0 Å². The van der Waals surface area contributed by atoms with Gasteiger partial charge in [-0.15, -0.1) is 0 Å². The van der Waals surface area contributed by atoms with Crippen LogP contribution in [0.3, 0.4) is 0 Å². The first-order valence-electron chi connectivity index (χ1n) is 12.1. The van der Waals surface area contributed by atoms with Gasteiger partial charge in [0.25, 0.3) is 6.43 Å². The molecular formula is C23H33F2N3O6S. The van der Waals surface area contributed by atoms with Crippen molar-refractivity contribution in [3.8, 4) is 5.88 Å². The van der Waals surface area contributed by atoms with Crippen LogP contribution in [0.25, 0.3) is 0 Å². The molecule has 0 aromatic carbocycles. The summed E-state index contributed by atoms with van der Waals surface area (Å²) < 4.78 is 70.7. The molecule has 9 nitrogen and oxygen atoms in total. The van der Waals surface area contributed by atoms with E-state index in [0.29, 0.717) is 31.4 Å². The van der Waals surface area contributed by atoms with E-state index in [1.165, 1.54) is 12.1 Å². The van der Waals surface area contributed by atoms with E-state index in [-0.39, 0.29) is 49.3 Å². The molecule has 5 rings (SSSR count). The Labute approximate surface area is 204 Å². The smallest absolute Gasteiger partial charge is 0.410 e. The number of amides is 1. The Balaban J connectivity index is 1.54. The molecule has 0 radical (unpaired) electrons. The Morgan fingerprint density at radius 2 is 1.86 bits per heavy atom. The maximum atomic E-state index is 13.5. The van der Waals surface area contributed by atoms with E-state index < -0.39 is 34.6 Å². The number of fused-ring (bicyclic) bond motifs is 8. The number of hydrogen-bond donors (Lipinski definition) is 1. The number of carbonyl (C=O) groups excluding carboxylic acids is 1. The molecule has 196 valence electrons. The van der Waals surface area contributed by atoms with Gasteiger partial charge >= 0.3 is 6.09 Å². The number of nitrogens with one attached hydrogen (secondary N) is 1. The van der Waals surface area contributed by atoms with Crippen molar-refractivity contribution < 1.29 is 36.2 Å². The summed E-state index contributed by atoms with van der Waals surface area (Å²) in [5.41, 5.74) is 0.479. The molecule has 2 fully saturated rings. The number of carbonyl (C=O) groups is 1. The average molecular weight is 518 g/mol. The second-order valence-corrected chi connectivity index (χ2v) is 11.4. The number of aromatic nitrogens is 1. The molecule has 1 amide bonds. The van der Waals surface area contributed by atoms with Crippen LogP contribution in [0.1, 0.15) is 69.0 Å². The number of halogens is 2. The summed E-state index contributed by atoms with van der Waals surface area (Å²) in [4.78, 5) is 19.0. The van der Waals surface area contributed by atoms with Crippen molar-refractivity contribution >= 4 is 16.1 Å². The second kappa shape index (κ2) is 10.9. The molecule has 4 heterocycles. The van der Waals surface area contributed by atoms with Gasteiger partial charge < -0.3 is 14.2 Å². The lowest BCUT2D eigenvalue weighted by Gasteiger charge is -2.33. The number of ether oxygens (including phenoxy) is 3. The molecule has 1 unspecified atom stereocenters. The molecule has 1 aromatic heterocycles. The zero-order valence-corrected chi connectivity index (χ0v) is 20.8. The molecule has 4 aliphatic rings. The standard InChI is InChI=1S/C23H33F2N3O6S/c1-14-10-19(27-35(2,30)31)20-13-34-17-6-4-15(5-7-17)18-11-16(22(24)25)12-21(26-18)32-8-3-9-33-23(29)28(14)20/h11-12,14-15,17,19-20,22,27H,3-10,13H2,1-2H3/t14-,15?,17?,19+,20?/m1/s1. The number of rotatable bonds is 3. The van der Waals surface area contributed by atoms with E-state index in [0.717, 1.165) is 19.1 Å². The third-order valence-electron chi connectivity index (χ3n) is 6.92. The van der Waals surface area contributed by atoms with E-state index >= 15 is 0 Å². The highest BCUT2D eigenvalue weighted by Gasteiger charge is 2.44. The first-order valence-corrected chi connectivity index (χ1v) is 14.0. The SMILES string of the molecule is C[C@@H]1C[C@H](NS(C)(=O)=O)C2COC3CCC(CC3)c3cc(C(F)F)cc(n3)OCCCOC(=O)N21. The highest BCUT2D eigenvalue weighted by atomic mass is 32.2. The lowest BCUT2D eigenvalue weighted by atomic mass is 9.84. The highest BCUT2D eigenvalue weighted by molar-refractivity contribution is 7.88. The van der Waals surface area contributed by atoms with Gasteiger partial charge in [-0.3, -0.25) is 4.90 Å². The van der Waals surface area contributed by atoms with Crippen LogP contribution >= 0.6 is 0 Å². The molecule has 1 aliphatic carbocycles. The van der Waals surface area contributed by atoms with Gasteiger partial charge in [-0.25, -0.2) is 31.7 Å². The molecule has 3 atom stereocenters. The summed E-state index contributed by atoms with van der Waals surface area (Å²) in [5, 5.41) is 0. The fraction of sp³-hybridized carbons (Fsp3) is 0.739. The number of alkyl halides is 2. The van der Waals surface area contributed by atoms with Crippen molar-refractivity contribution in [1.29, 1.82) is 0 Å². The van der Waals surface area contributed by atoms with E-state index in [1.807, 2.05) is 6.92 Å². The van der Waals surface area contributed by atoms with Crippen LogP contribution in [0, 0.1) is 0 Å². The molecule has 4 bridgehead atoms. The molecular weight excluding hydrogens is 484 g/mol. The van der Waals surface area contributed by atoms with E-state index in [9.17, 15) is 22.0 Å². The van der Waals surface area contributed by atoms with Crippen molar-refractivity contribution in [1.82, 2.24) is 14.6 Å². The van der Waals surface area contributed by atoms with Gasteiger partial charge in [0.2, 0.25) is 15.9 Å². The maximum absolute atomic E-state index is 13.5. The molecule has 1 saturated carbocycles. The first-order chi connectivity index (χ1) is 16.6. The molecule has 12 heteroatoms. The Morgan fingerprint density at radius 1 is 1.14 bits per heavy atom. The predicted octanol–water partition coefficient (Wildman–Crippen LogP) is 3.36. The Bertz CT molecular complexity index is 1000. The minimum atomic E-state index is -3.48. The van der Waals surface area contributed by atoms with Gasteiger partial charge in [-0.05, 0) is 45.1 Å². The van der Waals surface area contributed by atoms with Crippen molar-refractivity contribution in [3.05, 3.63) is 23.4 Å². The number of pyridine rings is 1. The highest BCUT2D eigenvalue weighted by Crippen LogP contribution is 2.36. The fourth-order valence-corrected chi connectivity index (χ4v) is 6.06. The number of nitrogens with zero attached hydrogens (tertiary/aromatic N) is 2. The zero-order chi connectivity index (χ0) is 25.2. The summed E-state index contributed by atoms with van der Waals surface area (Å²) in [6.07, 6.45) is 1.51. The third kappa shape index (κ3) is 6.59. The van der Waals surface area contributed by atoms with Gasteiger partial charge in [0.1, 0.15) is 0 Å². The van der Waals surface area contributed by atoms with E-state index in [2.05, 4.69) is 9.71 Å². The van der Waals surface area contributed by atoms with Crippen LogP contribution in [0.4, 0.5) is 13.6 Å². The van der Waals surface area contributed by atoms with Crippen molar-refractivity contribution in [2.24, 2.45) is 0 Å². The Hall–Kier alpha value is -2.05. The zero-order valence-electron chi connectivity index (χ0n) is 20.0. The van der Waals surface area contributed by atoms with Gasteiger partial charge in [0, 0.05) is 41.7 Å². The largest absolute Gasteiger partial charge is 0.478 e. The van der Waals surface area contributed by atoms with Crippen LogP contribution < -0.4 is 9.46 Å². The van der Waals surface area contributed by atoms with Crippen molar-refractivity contribution in [3.63, 3.8) is 0 Å². The first kappa shape index (κ1) is 26.0. The summed E-state index contributed by atoms with van der Waals surface area (Å²) in [7, 11) is -3.48. The van der Waals surface area contributed by atoms with Crippen LogP contribution in [0.5, 0.6) is 5.88 Å². The average Bonchev–Trinajstić information content (AvgIpc) is 3.09. The van der Waals surface area contributed by atoms with Crippen LogP contribution in [0.2, 0.25) is 0 Å². The minimum absolute atomic E-state index is 0.0270. The summed E-state index contributed by atoms with van der Waals surface area (Å²) in [6, 6.07) is 1.50. The lowest BCUT2D eigenvalue weighted by molar-refractivity contribution is -0.0107. The molecule has 1 saturated heterocycles. The third-order valence-corrected chi connectivity index (χ3v) is 7.65. The predicted molar refractivity (Wildman–Crippen MR) is 123 cm³/mol. The minimum Gasteiger partial charge on any atom is -0.478 e. The van der Waals surface area contributed by atoms with Crippen LogP contribution in [-0.4, -0.2) is 74.7 Å².